The Morgan fingerprint density at radius 3 is 2.50 bits per heavy atom. The molecule has 0 amide bonds. The Labute approximate surface area is 96.1 Å². The Morgan fingerprint density at radius 2 is 2.00 bits per heavy atom. The minimum absolute atomic E-state index is 0.326. The third kappa shape index (κ3) is 2.73. The molecule has 0 unspecified atom stereocenters. The van der Waals surface area contributed by atoms with Crippen molar-refractivity contribution in [2.24, 2.45) is 0 Å². The van der Waals surface area contributed by atoms with E-state index in [-0.39, 0.29) is 5.82 Å². The summed E-state index contributed by atoms with van der Waals surface area (Å²) in [5.74, 6) is -0.326. The van der Waals surface area contributed by atoms with Gasteiger partial charge in [0.05, 0.1) is 11.6 Å². The van der Waals surface area contributed by atoms with Gasteiger partial charge in [0.1, 0.15) is 5.82 Å². The predicted octanol–water partition coefficient (Wildman–Crippen LogP) is 3.61. The lowest BCUT2D eigenvalue weighted by Crippen LogP contribution is -2.18. The summed E-state index contributed by atoms with van der Waals surface area (Å²) in [6.45, 7) is 5.89. The van der Waals surface area contributed by atoms with E-state index in [0.29, 0.717) is 17.2 Å². The van der Waals surface area contributed by atoms with E-state index in [1.165, 1.54) is 6.07 Å². The van der Waals surface area contributed by atoms with Gasteiger partial charge >= 0.3 is 0 Å². The smallest absolute Gasteiger partial charge is 0.129 e. The highest BCUT2D eigenvalue weighted by atomic mass is 19.1. The first-order valence-electron chi connectivity index (χ1n) is 5.59. The molecule has 0 heterocycles. The van der Waals surface area contributed by atoms with Crippen LogP contribution in [0, 0.1) is 24.1 Å². The van der Waals surface area contributed by atoms with Crippen LogP contribution in [0.4, 0.5) is 10.1 Å². The number of anilines is 1. The zero-order chi connectivity index (χ0) is 12.1. The van der Waals surface area contributed by atoms with Crippen LogP contribution in [0.2, 0.25) is 0 Å². The lowest BCUT2D eigenvalue weighted by atomic mass is 10.1. The van der Waals surface area contributed by atoms with E-state index in [4.69, 9.17) is 5.26 Å². The molecule has 0 aliphatic rings. The van der Waals surface area contributed by atoms with Crippen molar-refractivity contribution in [3.63, 3.8) is 0 Å². The molecule has 0 atom stereocenters. The minimum atomic E-state index is -0.326. The van der Waals surface area contributed by atoms with E-state index in [2.05, 4.69) is 19.2 Å². The number of hydrogen-bond acceptors (Lipinski definition) is 2. The van der Waals surface area contributed by atoms with Gasteiger partial charge in [-0.25, -0.2) is 4.39 Å². The van der Waals surface area contributed by atoms with E-state index in [1.54, 1.807) is 13.0 Å². The molecular formula is C13H17FN2. The van der Waals surface area contributed by atoms with E-state index < -0.39 is 0 Å². The number of halogens is 1. The van der Waals surface area contributed by atoms with Gasteiger partial charge in [-0.05, 0) is 31.9 Å². The average molecular weight is 220 g/mol. The van der Waals surface area contributed by atoms with E-state index in [9.17, 15) is 4.39 Å². The summed E-state index contributed by atoms with van der Waals surface area (Å²) in [7, 11) is 0. The van der Waals surface area contributed by atoms with Gasteiger partial charge in [0.15, 0.2) is 0 Å². The normalized spacial score (nSPS) is 10.2. The van der Waals surface area contributed by atoms with Crippen molar-refractivity contribution in [1.82, 2.24) is 0 Å². The Hall–Kier alpha value is -1.56. The monoisotopic (exact) mass is 220 g/mol. The number of nitrogens with zero attached hydrogens (tertiary/aromatic N) is 1. The van der Waals surface area contributed by atoms with Crippen LogP contribution in [0.25, 0.3) is 0 Å². The summed E-state index contributed by atoms with van der Waals surface area (Å²) in [6, 6.07) is 5.27. The fourth-order valence-corrected chi connectivity index (χ4v) is 1.61. The lowest BCUT2D eigenvalue weighted by molar-refractivity contribution is 0.616. The van der Waals surface area contributed by atoms with Gasteiger partial charge in [-0.15, -0.1) is 0 Å². The fourth-order valence-electron chi connectivity index (χ4n) is 1.61. The molecule has 0 aliphatic heterocycles. The summed E-state index contributed by atoms with van der Waals surface area (Å²) in [5.41, 5.74) is 1.66. The summed E-state index contributed by atoms with van der Waals surface area (Å²) in [4.78, 5) is 0. The second-order valence-electron chi connectivity index (χ2n) is 3.90. The highest BCUT2D eigenvalue weighted by Crippen LogP contribution is 2.22. The van der Waals surface area contributed by atoms with E-state index in [0.717, 1.165) is 18.5 Å². The van der Waals surface area contributed by atoms with Crippen LogP contribution in [-0.4, -0.2) is 6.04 Å². The van der Waals surface area contributed by atoms with Gasteiger partial charge in [-0.2, -0.15) is 5.26 Å². The Kier molecular flexibility index (Phi) is 4.30. The predicted molar refractivity (Wildman–Crippen MR) is 63.8 cm³/mol. The molecule has 1 aromatic carbocycles. The van der Waals surface area contributed by atoms with Crippen LogP contribution in [0.5, 0.6) is 0 Å². The number of benzene rings is 1. The lowest BCUT2D eigenvalue weighted by Gasteiger charge is -2.18. The maximum absolute atomic E-state index is 13.5. The maximum Gasteiger partial charge on any atom is 0.129 e. The number of nitriles is 1. The van der Waals surface area contributed by atoms with Crippen LogP contribution in [0.3, 0.4) is 0 Å². The summed E-state index contributed by atoms with van der Waals surface area (Å²) in [5, 5.41) is 12.1. The van der Waals surface area contributed by atoms with Crippen molar-refractivity contribution in [2.75, 3.05) is 5.32 Å². The quantitative estimate of drug-likeness (QED) is 0.841. The molecule has 0 saturated carbocycles. The molecule has 0 aromatic heterocycles. The average Bonchev–Trinajstić information content (AvgIpc) is 2.30. The third-order valence-electron chi connectivity index (χ3n) is 2.82. The molecule has 0 saturated heterocycles. The Bertz CT molecular complexity index is 403. The highest BCUT2D eigenvalue weighted by Gasteiger charge is 2.10. The largest absolute Gasteiger partial charge is 0.382 e. The van der Waals surface area contributed by atoms with Crippen LogP contribution < -0.4 is 5.32 Å². The van der Waals surface area contributed by atoms with Crippen LogP contribution in [-0.2, 0) is 0 Å². The molecule has 1 rings (SSSR count). The highest BCUT2D eigenvalue weighted by molar-refractivity contribution is 5.56. The van der Waals surface area contributed by atoms with Gasteiger partial charge in [0.25, 0.3) is 0 Å². The van der Waals surface area contributed by atoms with Gasteiger partial charge in [0.2, 0.25) is 0 Å². The molecule has 0 radical (unpaired) electrons. The Balaban J connectivity index is 3.03. The van der Waals surface area contributed by atoms with E-state index in [1.807, 2.05) is 6.07 Å². The number of nitrogens with one attached hydrogen (secondary N) is 1. The molecule has 2 nitrogen and oxygen atoms in total. The molecule has 1 aromatic rings. The summed E-state index contributed by atoms with van der Waals surface area (Å²) >= 11 is 0. The zero-order valence-corrected chi connectivity index (χ0v) is 9.97. The van der Waals surface area contributed by atoms with Crippen molar-refractivity contribution >= 4 is 5.69 Å². The molecular weight excluding hydrogens is 203 g/mol. The summed E-state index contributed by atoms with van der Waals surface area (Å²) < 4.78 is 13.5. The number of hydrogen-bond donors (Lipinski definition) is 1. The fraction of sp³-hybridized carbons (Fsp3) is 0.462. The van der Waals surface area contributed by atoms with Crippen molar-refractivity contribution in [3.8, 4) is 6.07 Å². The van der Waals surface area contributed by atoms with Crippen molar-refractivity contribution < 1.29 is 4.39 Å². The SMILES string of the molecule is CCC(CC)Nc1cc(C#N)cc(F)c1C. The molecule has 86 valence electrons. The van der Waals surface area contributed by atoms with Crippen molar-refractivity contribution in [3.05, 3.63) is 29.1 Å². The summed E-state index contributed by atoms with van der Waals surface area (Å²) in [6.07, 6.45) is 1.96. The van der Waals surface area contributed by atoms with Gasteiger partial charge in [-0.1, -0.05) is 13.8 Å². The van der Waals surface area contributed by atoms with Crippen LogP contribution >= 0.6 is 0 Å². The molecule has 0 bridgehead atoms. The molecule has 16 heavy (non-hydrogen) atoms. The zero-order valence-electron chi connectivity index (χ0n) is 9.97. The molecule has 3 heteroatoms. The van der Waals surface area contributed by atoms with E-state index >= 15 is 0 Å². The van der Waals surface area contributed by atoms with Crippen LogP contribution in [0.15, 0.2) is 12.1 Å². The standard InChI is InChI=1S/C13H17FN2/c1-4-11(5-2)16-13-7-10(8-15)6-12(14)9(13)3/h6-7,11,16H,4-5H2,1-3H3. The molecule has 0 spiro atoms. The van der Waals surface area contributed by atoms with Crippen LogP contribution in [0.1, 0.15) is 37.8 Å². The van der Waals surface area contributed by atoms with Crippen molar-refractivity contribution in [1.29, 1.82) is 5.26 Å². The van der Waals surface area contributed by atoms with Crippen molar-refractivity contribution in [2.45, 2.75) is 39.7 Å². The second-order valence-corrected chi connectivity index (χ2v) is 3.90. The van der Waals surface area contributed by atoms with Gasteiger partial charge in [0, 0.05) is 17.3 Å². The third-order valence-corrected chi connectivity index (χ3v) is 2.82. The first kappa shape index (κ1) is 12.5. The Morgan fingerprint density at radius 1 is 1.38 bits per heavy atom. The molecule has 0 aliphatic carbocycles. The van der Waals surface area contributed by atoms with Gasteiger partial charge in [-0.3, -0.25) is 0 Å². The first-order valence-corrected chi connectivity index (χ1v) is 5.59. The van der Waals surface area contributed by atoms with Gasteiger partial charge < -0.3 is 5.32 Å². The second kappa shape index (κ2) is 5.50. The molecule has 0 fully saturated rings. The minimum Gasteiger partial charge on any atom is -0.382 e. The topological polar surface area (TPSA) is 35.8 Å². The molecule has 1 N–H and O–H groups in total. The number of rotatable bonds is 4. The first-order chi connectivity index (χ1) is 7.62. The maximum atomic E-state index is 13.5.